The minimum Gasteiger partial charge on any atom is -0.364 e. The van der Waals surface area contributed by atoms with Gasteiger partial charge in [0, 0.05) is 12.6 Å². The molecule has 0 aromatic carbocycles. The molecular formula is C9H8BrF3N4O3S. The molecule has 0 aliphatic heterocycles. The highest BCUT2D eigenvalue weighted by atomic mass is 79.9. The summed E-state index contributed by atoms with van der Waals surface area (Å²) >= 11 is 3.02. The van der Waals surface area contributed by atoms with E-state index in [1.165, 1.54) is 11.7 Å². The summed E-state index contributed by atoms with van der Waals surface area (Å²) in [5, 5.41) is 10.0. The Bertz CT molecular complexity index is 733. The number of nitrogens with zero attached hydrogens (tertiary/aromatic N) is 4. The zero-order valence-electron chi connectivity index (χ0n) is 10.4. The van der Waals surface area contributed by atoms with Gasteiger partial charge in [-0.15, -0.1) is 5.10 Å². The van der Waals surface area contributed by atoms with Crippen LogP contribution in [0.3, 0.4) is 0 Å². The zero-order chi connectivity index (χ0) is 15.8. The monoisotopic (exact) mass is 388 g/mol. The van der Waals surface area contributed by atoms with Crippen molar-refractivity contribution in [2.45, 2.75) is 17.7 Å². The van der Waals surface area contributed by atoms with Gasteiger partial charge in [0.05, 0.1) is 17.2 Å². The van der Waals surface area contributed by atoms with Crippen molar-refractivity contribution >= 4 is 25.8 Å². The standard InChI is InChI=1S/C9H8BrF3N4O3S/c1-17-6(8(10)14-16-17)4-21(18,19)3-5-2-20-15-7(5)9(11,12)13/h2H,3-4H2,1H3. The molecule has 0 radical (unpaired) electrons. The predicted molar refractivity (Wildman–Crippen MR) is 66.5 cm³/mol. The van der Waals surface area contributed by atoms with Gasteiger partial charge >= 0.3 is 6.18 Å². The van der Waals surface area contributed by atoms with Crippen molar-refractivity contribution in [3.63, 3.8) is 0 Å². The molecule has 0 aliphatic carbocycles. The van der Waals surface area contributed by atoms with Gasteiger partial charge in [-0.3, -0.25) is 4.68 Å². The van der Waals surface area contributed by atoms with Crippen LogP contribution in [0.5, 0.6) is 0 Å². The van der Waals surface area contributed by atoms with Crippen LogP contribution in [0.2, 0.25) is 0 Å². The lowest BCUT2D eigenvalue weighted by molar-refractivity contribution is -0.143. The topological polar surface area (TPSA) is 90.9 Å². The third kappa shape index (κ3) is 3.61. The highest BCUT2D eigenvalue weighted by molar-refractivity contribution is 9.10. The van der Waals surface area contributed by atoms with Crippen LogP contribution in [0.15, 0.2) is 15.4 Å². The van der Waals surface area contributed by atoms with Crippen molar-refractivity contribution in [2.24, 2.45) is 7.05 Å². The average molecular weight is 389 g/mol. The summed E-state index contributed by atoms with van der Waals surface area (Å²) in [6.45, 7) is 0. The molecule has 2 aromatic rings. The molecule has 0 spiro atoms. The first-order valence-electron chi connectivity index (χ1n) is 5.35. The minimum atomic E-state index is -4.77. The molecule has 0 aliphatic rings. The number of aromatic nitrogens is 4. The second kappa shape index (κ2) is 5.40. The van der Waals surface area contributed by atoms with Crippen LogP contribution >= 0.6 is 15.9 Å². The summed E-state index contributed by atoms with van der Waals surface area (Å²) in [6.07, 6.45) is -4.09. The molecule has 0 amide bonds. The minimum absolute atomic E-state index is 0.218. The first-order chi connectivity index (χ1) is 9.60. The van der Waals surface area contributed by atoms with Crippen molar-refractivity contribution in [1.82, 2.24) is 20.2 Å². The molecule has 0 N–H and O–H groups in total. The fraction of sp³-hybridized carbons (Fsp3) is 0.444. The van der Waals surface area contributed by atoms with E-state index in [9.17, 15) is 21.6 Å². The Hall–Kier alpha value is -1.43. The molecule has 0 unspecified atom stereocenters. The lowest BCUT2D eigenvalue weighted by atomic mass is 10.3. The van der Waals surface area contributed by atoms with Crippen LogP contribution in [0.1, 0.15) is 17.0 Å². The van der Waals surface area contributed by atoms with Crippen molar-refractivity contribution in [3.8, 4) is 0 Å². The van der Waals surface area contributed by atoms with Gasteiger partial charge < -0.3 is 4.52 Å². The quantitative estimate of drug-likeness (QED) is 0.791. The molecule has 2 rings (SSSR count). The molecule has 2 heterocycles. The second-order valence-corrected chi connectivity index (χ2v) is 6.98. The van der Waals surface area contributed by atoms with Crippen molar-refractivity contribution < 1.29 is 26.1 Å². The van der Waals surface area contributed by atoms with Gasteiger partial charge in [0.2, 0.25) is 0 Å². The van der Waals surface area contributed by atoms with E-state index >= 15 is 0 Å². The Morgan fingerprint density at radius 2 is 2.05 bits per heavy atom. The summed E-state index contributed by atoms with van der Waals surface area (Å²) in [6, 6.07) is 0. The highest BCUT2D eigenvalue weighted by Crippen LogP contribution is 2.32. The number of hydrogen-bond donors (Lipinski definition) is 0. The summed E-state index contributed by atoms with van der Waals surface area (Å²) in [7, 11) is -2.41. The van der Waals surface area contributed by atoms with Gasteiger partial charge in [0.15, 0.2) is 20.1 Å². The van der Waals surface area contributed by atoms with Crippen LogP contribution in [0.4, 0.5) is 13.2 Å². The molecule has 0 bridgehead atoms. The number of aryl methyl sites for hydroxylation is 1. The van der Waals surface area contributed by atoms with Crippen LogP contribution in [-0.4, -0.2) is 28.6 Å². The summed E-state index contributed by atoms with van der Waals surface area (Å²) < 4.78 is 67.6. The number of hydrogen-bond acceptors (Lipinski definition) is 6. The Balaban J connectivity index is 2.25. The largest absolute Gasteiger partial charge is 0.437 e. The molecule has 0 saturated carbocycles. The smallest absolute Gasteiger partial charge is 0.364 e. The first-order valence-corrected chi connectivity index (χ1v) is 7.96. The number of halogens is 4. The maximum atomic E-state index is 12.6. The predicted octanol–water partition coefficient (Wildman–Crippen LogP) is 1.70. The molecule has 2 aromatic heterocycles. The number of alkyl halides is 3. The zero-order valence-corrected chi connectivity index (χ0v) is 12.8. The van der Waals surface area contributed by atoms with E-state index < -0.39 is 38.8 Å². The lowest BCUT2D eigenvalue weighted by Gasteiger charge is -2.06. The normalized spacial score (nSPS) is 12.8. The fourth-order valence-electron chi connectivity index (χ4n) is 1.59. The highest BCUT2D eigenvalue weighted by Gasteiger charge is 2.38. The van der Waals surface area contributed by atoms with Gasteiger partial charge in [-0.2, -0.15) is 13.2 Å². The molecule has 7 nitrogen and oxygen atoms in total. The number of sulfone groups is 1. The van der Waals surface area contributed by atoms with Crippen LogP contribution < -0.4 is 0 Å². The Morgan fingerprint density at radius 1 is 1.38 bits per heavy atom. The van der Waals surface area contributed by atoms with E-state index in [4.69, 9.17) is 0 Å². The maximum absolute atomic E-state index is 12.6. The number of rotatable bonds is 4. The molecule has 116 valence electrons. The van der Waals surface area contributed by atoms with Crippen molar-refractivity contribution in [2.75, 3.05) is 0 Å². The van der Waals surface area contributed by atoms with Gasteiger partial charge in [0.25, 0.3) is 0 Å². The molecule has 0 saturated heterocycles. The maximum Gasteiger partial charge on any atom is 0.437 e. The van der Waals surface area contributed by atoms with Crippen molar-refractivity contribution in [3.05, 3.63) is 27.8 Å². The molecular weight excluding hydrogens is 381 g/mol. The van der Waals surface area contributed by atoms with E-state index in [1.807, 2.05) is 0 Å². The summed E-state index contributed by atoms with van der Waals surface area (Å²) in [5.41, 5.74) is -1.64. The van der Waals surface area contributed by atoms with E-state index in [0.29, 0.717) is 6.26 Å². The molecule has 21 heavy (non-hydrogen) atoms. The van der Waals surface area contributed by atoms with Crippen molar-refractivity contribution in [1.29, 1.82) is 0 Å². The van der Waals surface area contributed by atoms with E-state index in [2.05, 4.69) is 35.9 Å². The summed E-state index contributed by atoms with van der Waals surface area (Å²) in [4.78, 5) is 0. The average Bonchev–Trinajstić information content (AvgIpc) is 2.89. The second-order valence-electron chi connectivity index (χ2n) is 4.17. The molecule has 0 atom stereocenters. The van der Waals surface area contributed by atoms with Gasteiger partial charge in [-0.1, -0.05) is 10.4 Å². The van der Waals surface area contributed by atoms with E-state index in [0.717, 1.165) is 0 Å². The van der Waals surface area contributed by atoms with Gasteiger partial charge in [-0.25, -0.2) is 8.42 Å². The first kappa shape index (κ1) is 15.9. The third-order valence-electron chi connectivity index (χ3n) is 2.54. The molecule has 0 fully saturated rings. The van der Waals surface area contributed by atoms with Crippen LogP contribution in [0, 0.1) is 0 Å². The Labute approximate surface area is 125 Å². The van der Waals surface area contributed by atoms with E-state index in [1.54, 1.807) is 0 Å². The Kier molecular flexibility index (Phi) is 4.10. The third-order valence-corrected chi connectivity index (χ3v) is 4.62. The van der Waals surface area contributed by atoms with Gasteiger partial charge in [0.1, 0.15) is 6.26 Å². The van der Waals surface area contributed by atoms with Crippen LogP contribution in [-0.2, 0) is 34.6 Å². The van der Waals surface area contributed by atoms with Gasteiger partial charge in [-0.05, 0) is 15.9 Å². The lowest BCUT2D eigenvalue weighted by Crippen LogP contribution is -2.15. The summed E-state index contributed by atoms with van der Waals surface area (Å²) in [5.74, 6) is -1.36. The fourth-order valence-corrected chi connectivity index (χ4v) is 3.77. The van der Waals surface area contributed by atoms with E-state index in [-0.39, 0.29) is 10.3 Å². The molecule has 12 heteroatoms. The SMILES string of the molecule is Cn1nnc(Br)c1CS(=O)(=O)Cc1conc1C(F)(F)F. The van der Waals surface area contributed by atoms with Crippen LogP contribution in [0.25, 0.3) is 0 Å². The Morgan fingerprint density at radius 3 is 2.57 bits per heavy atom.